The zero-order chi connectivity index (χ0) is 20.8. The van der Waals surface area contributed by atoms with E-state index in [9.17, 15) is 9.60 Å². The van der Waals surface area contributed by atoms with Gasteiger partial charge >= 0.3 is 0 Å². The number of halogens is 2. The highest BCUT2D eigenvalue weighted by molar-refractivity contribution is 9.10. The maximum Gasteiger partial charge on any atom is 0.208 e. The lowest BCUT2D eigenvalue weighted by Gasteiger charge is -2.10. The average Bonchev–Trinajstić information content (AvgIpc) is 3.17. The number of ether oxygens (including phenoxy) is 1. The van der Waals surface area contributed by atoms with Crippen LogP contribution in [0.1, 0.15) is 5.69 Å². The van der Waals surface area contributed by atoms with E-state index in [1.165, 1.54) is 18.2 Å². The van der Waals surface area contributed by atoms with Crippen LogP contribution in [0.2, 0.25) is 0 Å². The summed E-state index contributed by atoms with van der Waals surface area (Å²) in [5.41, 5.74) is 3.05. The number of anilines is 2. The van der Waals surface area contributed by atoms with Crippen LogP contribution in [0, 0.1) is 5.82 Å². The SMILES string of the molecule is COc1ccc(NC(=S)Nc2nonc2C(=Nc2ccc(F)c(Br)c2)NO)cc1. The van der Waals surface area contributed by atoms with Crippen molar-refractivity contribution in [3.05, 3.63) is 58.4 Å². The lowest BCUT2D eigenvalue weighted by atomic mass is 10.3. The van der Waals surface area contributed by atoms with Crippen LogP contribution < -0.4 is 20.9 Å². The number of rotatable bonds is 5. The molecule has 0 bridgehead atoms. The van der Waals surface area contributed by atoms with E-state index in [2.05, 4.69) is 41.9 Å². The van der Waals surface area contributed by atoms with E-state index >= 15 is 0 Å². The van der Waals surface area contributed by atoms with E-state index in [0.717, 1.165) is 0 Å². The first kappa shape index (κ1) is 20.6. The minimum absolute atomic E-state index is 0.0619. The molecule has 4 N–H and O–H groups in total. The first-order valence-electron chi connectivity index (χ1n) is 7.99. The van der Waals surface area contributed by atoms with Gasteiger partial charge in [0.05, 0.1) is 17.3 Å². The van der Waals surface area contributed by atoms with E-state index in [4.69, 9.17) is 21.6 Å². The van der Waals surface area contributed by atoms with Crippen LogP contribution in [0.5, 0.6) is 5.75 Å². The zero-order valence-corrected chi connectivity index (χ0v) is 17.2. The van der Waals surface area contributed by atoms with Crippen LogP contribution in [-0.4, -0.2) is 33.6 Å². The van der Waals surface area contributed by atoms with Crippen LogP contribution >= 0.6 is 28.1 Å². The Morgan fingerprint density at radius 1 is 1.21 bits per heavy atom. The summed E-state index contributed by atoms with van der Waals surface area (Å²) in [4.78, 5) is 4.17. The number of aromatic nitrogens is 2. The summed E-state index contributed by atoms with van der Waals surface area (Å²) in [7, 11) is 1.58. The van der Waals surface area contributed by atoms with E-state index in [1.54, 1.807) is 31.4 Å². The second-order valence-corrected chi connectivity index (χ2v) is 6.70. The lowest BCUT2D eigenvalue weighted by molar-refractivity contribution is 0.234. The molecule has 150 valence electrons. The van der Waals surface area contributed by atoms with Crippen LogP contribution in [0.3, 0.4) is 0 Å². The highest BCUT2D eigenvalue weighted by Gasteiger charge is 2.18. The molecule has 12 heteroatoms. The Morgan fingerprint density at radius 2 is 1.97 bits per heavy atom. The Kier molecular flexibility index (Phi) is 6.69. The van der Waals surface area contributed by atoms with E-state index < -0.39 is 5.82 Å². The predicted octanol–water partition coefficient (Wildman–Crippen LogP) is 3.85. The molecule has 0 aliphatic rings. The fraction of sp³-hybridized carbons (Fsp3) is 0.0588. The van der Waals surface area contributed by atoms with E-state index in [1.807, 2.05) is 5.48 Å². The van der Waals surface area contributed by atoms with Crippen molar-refractivity contribution in [2.45, 2.75) is 0 Å². The quantitative estimate of drug-likeness (QED) is 0.187. The molecule has 0 aliphatic heterocycles. The van der Waals surface area contributed by atoms with Crippen molar-refractivity contribution in [1.29, 1.82) is 0 Å². The molecule has 2 aromatic carbocycles. The molecule has 1 heterocycles. The molecule has 0 spiro atoms. The van der Waals surface area contributed by atoms with Gasteiger partial charge in [0.15, 0.2) is 16.6 Å². The van der Waals surface area contributed by atoms with Gasteiger partial charge in [0.2, 0.25) is 5.82 Å². The predicted molar refractivity (Wildman–Crippen MR) is 112 cm³/mol. The minimum Gasteiger partial charge on any atom is -0.497 e. The van der Waals surface area contributed by atoms with Crippen molar-refractivity contribution in [1.82, 2.24) is 15.8 Å². The first-order valence-corrected chi connectivity index (χ1v) is 9.19. The van der Waals surface area contributed by atoms with Gasteiger partial charge in [-0.1, -0.05) is 0 Å². The Bertz CT molecular complexity index is 1040. The largest absolute Gasteiger partial charge is 0.497 e. The molecule has 9 nitrogen and oxygen atoms in total. The Labute approximate surface area is 178 Å². The molecule has 0 saturated heterocycles. The Morgan fingerprint density at radius 3 is 2.62 bits per heavy atom. The fourth-order valence-electron chi connectivity index (χ4n) is 2.18. The molecular weight excluding hydrogens is 467 g/mol. The standard InChI is InChI=1S/C17H14BrFN6O3S/c1-27-11-5-2-9(3-6-11)21-17(29)22-16-14(24-28-25-16)15(23-26)20-10-4-7-13(19)12(18)8-10/h2-8,26H,1H3,(H,20,23)(H2,21,22,25,29). The third-order valence-electron chi connectivity index (χ3n) is 3.54. The maximum atomic E-state index is 13.4. The van der Waals surface area contributed by atoms with Crippen molar-refractivity contribution in [3.8, 4) is 5.75 Å². The molecular formula is C17H14BrFN6O3S. The van der Waals surface area contributed by atoms with Gasteiger partial charge in [0.1, 0.15) is 11.6 Å². The van der Waals surface area contributed by atoms with Gasteiger partial charge < -0.3 is 15.4 Å². The summed E-state index contributed by atoms with van der Waals surface area (Å²) in [6.45, 7) is 0. The van der Waals surface area contributed by atoms with Crippen LogP contribution in [0.4, 0.5) is 21.6 Å². The lowest BCUT2D eigenvalue weighted by Crippen LogP contribution is -2.25. The molecule has 0 atom stereocenters. The summed E-state index contributed by atoms with van der Waals surface area (Å²) in [6.07, 6.45) is 0. The average molecular weight is 481 g/mol. The van der Waals surface area contributed by atoms with Gasteiger partial charge in [-0.3, -0.25) is 10.7 Å². The number of aliphatic imine (C=N–C) groups is 1. The molecule has 0 fully saturated rings. The Hall–Kier alpha value is -3.09. The maximum absolute atomic E-state index is 13.4. The number of benzene rings is 2. The van der Waals surface area contributed by atoms with Crippen molar-refractivity contribution in [3.63, 3.8) is 0 Å². The van der Waals surface area contributed by atoms with E-state index in [0.29, 0.717) is 17.1 Å². The summed E-state index contributed by atoms with van der Waals surface area (Å²) in [5.74, 6) is 0.291. The van der Waals surface area contributed by atoms with Gasteiger partial charge in [-0.2, -0.15) is 0 Å². The molecule has 0 radical (unpaired) electrons. The number of hydroxylamine groups is 1. The molecule has 1 aromatic heterocycles. The van der Waals surface area contributed by atoms with Gasteiger partial charge in [-0.25, -0.2) is 14.0 Å². The number of methoxy groups -OCH3 is 1. The van der Waals surface area contributed by atoms with Crippen LogP contribution in [0.15, 0.2) is 56.6 Å². The normalized spacial score (nSPS) is 11.1. The molecule has 3 aromatic rings. The topological polar surface area (TPSA) is 117 Å². The highest BCUT2D eigenvalue weighted by atomic mass is 79.9. The van der Waals surface area contributed by atoms with Crippen LogP contribution in [0.25, 0.3) is 0 Å². The number of nitrogens with one attached hydrogen (secondary N) is 3. The van der Waals surface area contributed by atoms with Gasteiger partial charge in [0, 0.05) is 5.69 Å². The summed E-state index contributed by atoms with van der Waals surface area (Å²) >= 11 is 8.33. The summed E-state index contributed by atoms with van der Waals surface area (Å²) in [5, 5.41) is 22.9. The number of nitrogens with zero attached hydrogens (tertiary/aromatic N) is 3. The first-order chi connectivity index (χ1) is 14.0. The number of thiocarbonyl (C=S) groups is 1. The fourth-order valence-corrected chi connectivity index (χ4v) is 2.77. The van der Waals surface area contributed by atoms with Gasteiger partial charge in [-0.15, -0.1) is 0 Å². The number of hydrogen-bond acceptors (Lipinski definition) is 7. The molecule has 0 aliphatic carbocycles. The van der Waals surface area contributed by atoms with Gasteiger partial charge in [0.25, 0.3) is 0 Å². The molecule has 29 heavy (non-hydrogen) atoms. The summed E-state index contributed by atoms with van der Waals surface area (Å²) < 4.78 is 23.4. The monoisotopic (exact) mass is 480 g/mol. The van der Waals surface area contributed by atoms with E-state index in [-0.39, 0.29) is 26.9 Å². The number of hydrogen-bond donors (Lipinski definition) is 4. The second-order valence-electron chi connectivity index (χ2n) is 5.44. The smallest absolute Gasteiger partial charge is 0.208 e. The third-order valence-corrected chi connectivity index (χ3v) is 4.35. The van der Waals surface area contributed by atoms with Crippen molar-refractivity contribution >= 4 is 56.3 Å². The molecule has 0 unspecified atom stereocenters. The Balaban J connectivity index is 1.76. The minimum atomic E-state index is -0.442. The van der Waals surface area contributed by atoms with Crippen molar-refractivity contribution in [2.24, 2.45) is 4.99 Å². The number of amidine groups is 1. The zero-order valence-electron chi connectivity index (χ0n) is 14.8. The van der Waals surface area contributed by atoms with Gasteiger partial charge in [-0.05, 0) is 80.9 Å². The molecule has 0 saturated carbocycles. The summed E-state index contributed by atoms with van der Waals surface area (Å²) in [6, 6.07) is 11.2. The second kappa shape index (κ2) is 9.41. The molecule has 3 rings (SSSR count). The van der Waals surface area contributed by atoms with Crippen molar-refractivity contribution in [2.75, 3.05) is 17.7 Å². The highest BCUT2D eigenvalue weighted by Crippen LogP contribution is 2.23. The third kappa shape index (κ3) is 5.25. The van der Waals surface area contributed by atoms with Crippen LogP contribution in [-0.2, 0) is 0 Å². The van der Waals surface area contributed by atoms with Crippen molar-refractivity contribution < 1.29 is 19.0 Å². The molecule has 0 amide bonds.